The molecular formula is C21H19ClN4. The number of nitrogens with zero attached hydrogens (tertiary/aromatic N) is 4. The third kappa shape index (κ3) is 2.56. The number of hydrogen-bond acceptors (Lipinski definition) is 4. The summed E-state index contributed by atoms with van der Waals surface area (Å²) in [6.45, 7) is 2.75. The largest absolute Gasteiger partial charge is 0.341 e. The molecule has 3 aromatic rings. The number of anilines is 1. The molecule has 0 N–H and O–H groups in total. The highest BCUT2D eigenvalue weighted by Crippen LogP contribution is 2.35. The second-order valence-electron chi connectivity index (χ2n) is 6.90. The van der Waals surface area contributed by atoms with Crippen LogP contribution < -0.4 is 4.90 Å². The standard InChI is InChI=1S/C21H19ClN4/c22-18-9-5-8-16-19(15-7-4-6-14-12-23-13-17(14)15)24-21(25-20(16)18)26-10-2-1-3-11-26/h4-9,13H,1-3,10-12H2. The van der Waals surface area contributed by atoms with Gasteiger partial charge in [-0.3, -0.25) is 4.99 Å². The molecular weight excluding hydrogens is 344 g/mol. The van der Waals surface area contributed by atoms with Gasteiger partial charge in [-0.1, -0.05) is 41.9 Å². The predicted molar refractivity (Wildman–Crippen MR) is 107 cm³/mol. The SMILES string of the molecule is Clc1cccc2c(-c3cccc4c3C=NC4)nc(N3CCCCC3)nc12. The van der Waals surface area contributed by atoms with Gasteiger partial charge in [0.05, 0.1) is 22.8 Å². The average molecular weight is 363 g/mol. The maximum absolute atomic E-state index is 6.51. The first-order valence-electron chi connectivity index (χ1n) is 9.14. The van der Waals surface area contributed by atoms with Gasteiger partial charge in [0.15, 0.2) is 0 Å². The molecule has 0 spiro atoms. The van der Waals surface area contributed by atoms with E-state index in [1.54, 1.807) is 0 Å². The first-order valence-corrected chi connectivity index (χ1v) is 9.52. The summed E-state index contributed by atoms with van der Waals surface area (Å²) in [4.78, 5) is 16.6. The number of aromatic nitrogens is 2. The molecule has 0 radical (unpaired) electrons. The minimum atomic E-state index is 0.672. The minimum absolute atomic E-state index is 0.672. The van der Waals surface area contributed by atoms with Crippen LogP contribution in [0.5, 0.6) is 0 Å². The first kappa shape index (κ1) is 15.8. The molecule has 1 fully saturated rings. The van der Waals surface area contributed by atoms with Crippen LogP contribution in [0.2, 0.25) is 5.02 Å². The molecule has 2 aromatic carbocycles. The summed E-state index contributed by atoms with van der Waals surface area (Å²) in [5, 5.41) is 1.66. The highest BCUT2D eigenvalue weighted by atomic mass is 35.5. The third-order valence-electron chi connectivity index (χ3n) is 5.24. The van der Waals surface area contributed by atoms with Gasteiger partial charge in [-0.2, -0.15) is 0 Å². The van der Waals surface area contributed by atoms with Gasteiger partial charge in [0.2, 0.25) is 5.95 Å². The molecule has 0 bridgehead atoms. The molecule has 0 unspecified atom stereocenters. The zero-order chi connectivity index (χ0) is 17.5. The molecule has 3 heterocycles. The highest BCUT2D eigenvalue weighted by molar-refractivity contribution is 6.35. The number of rotatable bonds is 2. The molecule has 5 rings (SSSR count). The molecule has 0 amide bonds. The predicted octanol–water partition coefficient (Wildman–Crippen LogP) is 4.87. The molecule has 0 atom stereocenters. The lowest BCUT2D eigenvalue weighted by molar-refractivity contribution is 0.569. The van der Waals surface area contributed by atoms with E-state index in [0.29, 0.717) is 5.02 Å². The summed E-state index contributed by atoms with van der Waals surface area (Å²) < 4.78 is 0. The Morgan fingerprint density at radius 3 is 2.65 bits per heavy atom. The zero-order valence-corrected chi connectivity index (χ0v) is 15.2. The van der Waals surface area contributed by atoms with E-state index in [2.05, 4.69) is 34.2 Å². The maximum Gasteiger partial charge on any atom is 0.226 e. The van der Waals surface area contributed by atoms with Gasteiger partial charge < -0.3 is 4.90 Å². The summed E-state index contributed by atoms with van der Waals surface area (Å²) in [6.07, 6.45) is 5.61. The number of halogens is 1. The van der Waals surface area contributed by atoms with Gasteiger partial charge in [0.1, 0.15) is 0 Å². The first-order chi connectivity index (χ1) is 12.8. The minimum Gasteiger partial charge on any atom is -0.341 e. The topological polar surface area (TPSA) is 41.4 Å². The zero-order valence-electron chi connectivity index (χ0n) is 14.5. The number of para-hydroxylation sites is 1. The van der Waals surface area contributed by atoms with Crippen LogP contribution in [0.15, 0.2) is 41.4 Å². The normalized spacial score (nSPS) is 16.3. The van der Waals surface area contributed by atoms with E-state index in [1.165, 1.54) is 24.8 Å². The van der Waals surface area contributed by atoms with E-state index in [0.717, 1.165) is 53.3 Å². The molecule has 2 aliphatic rings. The number of hydrogen-bond donors (Lipinski definition) is 0. The summed E-state index contributed by atoms with van der Waals surface area (Å²) in [5.41, 5.74) is 5.29. The van der Waals surface area contributed by atoms with E-state index in [9.17, 15) is 0 Å². The molecule has 0 saturated carbocycles. The molecule has 26 heavy (non-hydrogen) atoms. The van der Waals surface area contributed by atoms with Crippen molar-refractivity contribution in [2.45, 2.75) is 25.8 Å². The molecule has 2 aliphatic heterocycles. The molecule has 5 heteroatoms. The lowest BCUT2D eigenvalue weighted by Crippen LogP contribution is -2.31. The fourth-order valence-electron chi connectivity index (χ4n) is 3.89. The van der Waals surface area contributed by atoms with Crippen molar-refractivity contribution in [3.8, 4) is 11.3 Å². The van der Waals surface area contributed by atoms with Crippen molar-refractivity contribution in [2.24, 2.45) is 4.99 Å². The van der Waals surface area contributed by atoms with Crippen molar-refractivity contribution >= 4 is 34.7 Å². The molecule has 1 aromatic heterocycles. The quantitative estimate of drug-likeness (QED) is 0.652. The number of aliphatic imine (C=N–C) groups is 1. The van der Waals surface area contributed by atoms with Gasteiger partial charge in [0, 0.05) is 35.8 Å². The Morgan fingerprint density at radius 2 is 1.77 bits per heavy atom. The van der Waals surface area contributed by atoms with Crippen LogP contribution in [0.4, 0.5) is 5.95 Å². The lowest BCUT2D eigenvalue weighted by Gasteiger charge is -2.27. The van der Waals surface area contributed by atoms with Crippen LogP contribution in [-0.4, -0.2) is 29.3 Å². The Hall–Kier alpha value is -2.46. The van der Waals surface area contributed by atoms with E-state index in [-0.39, 0.29) is 0 Å². The second-order valence-corrected chi connectivity index (χ2v) is 7.31. The Bertz CT molecular complexity index is 1020. The summed E-state index contributed by atoms with van der Waals surface area (Å²) in [7, 11) is 0. The lowest BCUT2D eigenvalue weighted by atomic mass is 9.98. The van der Waals surface area contributed by atoms with Crippen molar-refractivity contribution in [1.82, 2.24) is 9.97 Å². The van der Waals surface area contributed by atoms with Crippen molar-refractivity contribution in [1.29, 1.82) is 0 Å². The molecule has 0 aliphatic carbocycles. The molecule has 130 valence electrons. The van der Waals surface area contributed by atoms with Crippen LogP contribution >= 0.6 is 11.6 Å². The fraction of sp³-hybridized carbons (Fsp3) is 0.286. The second kappa shape index (κ2) is 6.36. The smallest absolute Gasteiger partial charge is 0.226 e. The van der Waals surface area contributed by atoms with Crippen molar-refractivity contribution in [2.75, 3.05) is 18.0 Å². The van der Waals surface area contributed by atoms with Crippen molar-refractivity contribution in [3.63, 3.8) is 0 Å². The Balaban J connectivity index is 1.77. The van der Waals surface area contributed by atoms with Crippen LogP contribution in [0.25, 0.3) is 22.2 Å². The number of fused-ring (bicyclic) bond motifs is 2. The number of benzene rings is 2. The highest BCUT2D eigenvalue weighted by Gasteiger charge is 2.20. The van der Waals surface area contributed by atoms with Gasteiger partial charge in [-0.05, 0) is 30.9 Å². The van der Waals surface area contributed by atoms with Crippen molar-refractivity contribution in [3.05, 3.63) is 52.5 Å². The number of piperidine rings is 1. The monoisotopic (exact) mass is 362 g/mol. The molecule has 4 nitrogen and oxygen atoms in total. The Kier molecular flexibility index (Phi) is 3.86. The van der Waals surface area contributed by atoms with Gasteiger partial charge in [-0.15, -0.1) is 0 Å². The summed E-state index contributed by atoms with van der Waals surface area (Å²) >= 11 is 6.51. The summed E-state index contributed by atoms with van der Waals surface area (Å²) in [6, 6.07) is 12.3. The Morgan fingerprint density at radius 1 is 0.923 bits per heavy atom. The third-order valence-corrected chi connectivity index (χ3v) is 5.54. The van der Waals surface area contributed by atoms with Crippen LogP contribution in [-0.2, 0) is 6.54 Å². The van der Waals surface area contributed by atoms with Gasteiger partial charge in [-0.25, -0.2) is 9.97 Å². The van der Waals surface area contributed by atoms with E-state index in [4.69, 9.17) is 21.6 Å². The average Bonchev–Trinajstić information content (AvgIpc) is 3.17. The van der Waals surface area contributed by atoms with Crippen LogP contribution in [0, 0.1) is 0 Å². The van der Waals surface area contributed by atoms with Crippen molar-refractivity contribution < 1.29 is 0 Å². The Labute approximate surface area is 157 Å². The van der Waals surface area contributed by atoms with E-state index in [1.807, 2.05) is 18.3 Å². The maximum atomic E-state index is 6.51. The van der Waals surface area contributed by atoms with Crippen LogP contribution in [0.1, 0.15) is 30.4 Å². The fourth-order valence-corrected chi connectivity index (χ4v) is 4.11. The van der Waals surface area contributed by atoms with Gasteiger partial charge in [0.25, 0.3) is 0 Å². The summed E-state index contributed by atoms with van der Waals surface area (Å²) in [5.74, 6) is 0.785. The van der Waals surface area contributed by atoms with Crippen LogP contribution in [0.3, 0.4) is 0 Å². The van der Waals surface area contributed by atoms with E-state index < -0.39 is 0 Å². The van der Waals surface area contributed by atoms with Gasteiger partial charge >= 0.3 is 0 Å². The van der Waals surface area contributed by atoms with E-state index >= 15 is 0 Å². The molecule has 1 saturated heterocycles.